The fraction of sp³-hybridized carbons (Fsp3) is 0.625. The van der Waals surface area contributed by atoms with Gasteiger partial charge < -0.3 is 4.90 Å². The molecule has 0 aliphatic heterocycles. The van der Waals surface area contributed by atoms with E-state index in [2.05, 4.69) is 10.3 Å². The summed E-state index contributed by atoms with van der Waals surface area (Å²) in [7, 11) is 3.93. The van der Waals surface area contributed by atoms with Gasteiger partial charge in [-0.25, -0.2) is 8.78 Å². The molecule has 118 valence electrons. The van der Waals surface area contributed by atoms with Gasteiger partial charge in [0.15, 0.2) is 0 Å². The van der Waals surface area contributed by atoms with Gasteiger partial charge in [-0.1, -0.05) is 31.7 Å². The quantitative estimate of drug-likeness (QED) is 0.510. The molecule has 0 heterocycles. The van der Waals surface area contributed by atoms with E-state index in [9.17, 15) is 8.78 Å². The number of nitrogens with zero attached hydrogens (tertiary/aromatic N) is 1. The molecule has 0 spiro atoms. The molecule has 1 unspecified atom stereocenters. The van der Waals surface area contributed by atoms with Gasteiger partial charge in [-0.15, -0.1) is 0 Å². The Morgan fingerprint density at radius 2 is 1.62 bits per heavy atom. The monoisotopic (exact) mass is 297 g/mol. The van der Waals surface area contributed by atoms with Crippen molar-refractivity contribution >= 4 is 0 Å². The topological polar surface area (TPSA) is 41.3 Å². The molecule has 3 nitrogen and oxygen atoms in total. The largest absolute Gasteiger partial charge is 0.302 e. The second-order valence-electron chi connectivity index (χ2n) is 6.15. The fourth-order valence-electron chi connectivity index (χ4n) is 3.63. The Hall–Kier alpha value is -1.04. The smallest absolute Gasteiger partial charge is 0.131 e. The molecule has 1 aromatic rings. The molecule has 5 heteroatoms. The molecular weight excluding hydrogens is 272 g/mol. The van der Waals surface area contributed by atoms with Gasteiger partial charge in [0.05, 0.1) is 6.04 Å². The second-order valence-corrected chi connectivity index (χ2v) is 6.15. The van der Waals surface area contributed by atoms with Crippen LogP contribution in [0.2, 0.25) is 0 Å². The third-order valence-corrected chi connectivity index (χ3v) is 4.85. The van der Waals surface area contributed by atoms with E-state index in [-0.39, 0.29) is 11.1 Å². The Balaban J connectivity index is 2.49. The number of halogens is 2. The van der Waals surface area contributed by atoms with Crippen molar-refractivity contribution in [3.05, 3.63) is 35.4 Å². The lowest BCUT2D eigenvalue weighted by Crippen LogP contribution is -2.55. The molecule has 21 heavy (non-hydrogen) atoms. The standard InChI is InChI=1S/C16H25F2N3/c1-21(2)16(10-5-3-4-6-11-16)15(20-19)14-12(17)8-7-9-13(14)18/h7-9,15,20H,3-6,10-11,19H2,1-2H3. The summed E-state index contributed by atoms with van der Waals surface area (Å²) in [5.74, 6) is 4.66. The first-order valence-corrected chi connectivity index (χ1v) is 7.60. The lowest BCUT2D eigenvalue weighted by Gasteiger charge is -2.45. The first-order chi connectivity index (χ1) is 10.0. The summed E-state index contributed by atoms with van der Waals surface area (Å²) in [4.78, 5) is 2.08. The van der Waals surface area contributed by atoms with Crippen LogP contribution in [0.25, 0.3) is 0 Å². The van der Waals surface area contributed by atoms with Crippen LogP contribution in [0.1, 0.15) is 50.1 Å². The van der Waals surface area contributed by atoms with Crippen LogP contribution in [0.3, 0.4) is 0 Å². The number of hydrogen-bond acceptors (Lipinski definition) is 3. The predicted octanol–water partition coefficient (Wildman–Crippen LogP) is 3.12. The number of benzene rings is 1. The Morgan fingerprint density at radius 1 is 1.10 bits per heavy atom. The van der Waals surface area contributed by atoms with Crippen molar-refractivity contribution < 1.29 is 8.78 Å². The maximum absolute atomic E-state index is 14.2. The van der Waals surface area contributed by atoms with Gasteiger partial charge in [0.1, 0.15) is 11.6 Å². The number of hydrazine groups is 1. The van der Waals surface area contributed by atoms with E-state index in [1.54, 1.807) is 0 Å². The number of hydrogen-bond donors (Lipinski definition) is 2. The van der Waals surface area contributed by atoms with E-state index in [0.717, 1.165) is 38.5 Å². The average Bonchev–Trinajstić information content (AvgIpc) is 2.69. The molecule has 0 amide bonds. The summed E-state index contributed by atoms with van der Waals surface area (Å²) >= 11 is 0. The van der Waals surface area contributed by atoms with Crippen LogP contribution in [0.5, 0.6) is 0 Å². The molecule has 1 atom stereocenters. The summed E-state index contributed by atoms with van der Waals surface area (Å²) in [6.45, 7) is 0. The van der Waals surface area contributed by atoms with Gasteiger partial charge in [-0.2, -0.15) is 0 Å². The highest BCUT2D eigenvalue weighted by atomic mass is 19.1. The van der Waals surface area contributed by atoms with Crippen molar-refractivity contribution in [3.63, 3.8) is 0 Å². The first-order valence-electron chi connectivity index (χ1n) is 7.60. The van der Waals surface area contributed by atoms with Crippen LogP contribution >= 0.6 is 0 Å². The third-order valence-electron chi connectivity index (χ3n) is 4.85. The molecule has 1 aliphatic carbocycles. The molecule has 3 N–H and O–H groups in total. The Bertz CT molecular complexity index is 448. The lowest BCUT2D eigenvalue weighted by atomic mass is 9.78. The maximum Gasteiger partial charge on any atom is 0.131 e. The summed E-state index contributed by atoms with van der Waals surface area (Å²) < 4.78 is 28.4. The zero-order chi connectivity index (χ0) is 15.5. The summed E-state index contributed by atoms with van der Waals surface area (Å²) in [6, 6.07) is 3.41. The van der Waals surface area contributed by atoms with E-state index < -0.39 is 17.7 Å². The van der Waals surface area contributed by atoms with E-state index in [4.69, 9.17) is 5.84 Å². The van der Waals surface area contributed by atoms with Crippen LogP contribution < -0.4 is 11.3 Å². The second kappa shape index (κ2) is 6.81. The zero-order valence-electron chi connectivity index (χ0n) is 12.8. The van der Waals surface area contributed by atoms with E-state index in [1.165, 1.54) is 18.2 Å². The van der Waals surface area contributed by atoms with Crippen LogP contribution in [-0.4, -0.2) is 24.5 Å². The number of nitrogens with one attached hydrogen (secondary N) is 1. The van der Waals surface area contributed by atoms with E-state index >= 15 is 0 Å². The van der Waals surface area contributed by atoms with Gasteiger partial charge in [0.25, 0.3) is 0 Å². The number of likely N-dealkylation sites (N-methyl/N-ethyl adjacent to an activating group) is 1. The van der Waals surface area contributed by atoms with E-state index in [0.29, 0.717) is 0 Å². The minimum atomic E-state index is -0.563. The lowest BCUT2D eigenvalue weighted by molar-refractivity contribution is 0.0767. The van der Waals surface area contributed by atoms with Crippen LogP contribution in [0.15, 0.2) is 18.2 Å². The molecule has 1 aromatic carbocycles. The molecule has 1 fully saturated rings. The highest BCUT2D eigenvalue weighted by Crippen LogP contribution is 2.42. The molecule has 1 aliphatic rings. The van der Waals surface area contributed by atoms with Gasteiger partial charge in [-0.05, 0) is 39.1 Å². The normalized spacial score (nSPS) is 20.3. The molecular formula is C16H25F2N3. The summed E-state index contributed by atoms with van der Waals surface area (Å²) in [6.07, 6.45) is 6.17. The van der Waals surface area contributed by atoms with Crippen molar-refractivity contribution in [1.82, 2.24) is 10.3 Å². The van der Waals surface area contributed by atoms with Crippen molar-refractivity contribution in [2.24, 2.45) is 5.84 Å². The van der Waals surface area contributed by atoms with Crippen molar-refractivity contribution in [2.75, 3.05) is 14.1 Å². The van der Waals surface area contributed by atoms with Crippen molar-refractivity contribution in [2.45, 2.75) is 50.1 Å². The number of rotatable bonds is 4. The van der Waals surface area contributed by atoms with Gasteiger partial charge in [-0.3, -0.25) is 11.3 Å². The Morgan fingerprint density at radius 3 is 2.05 bits per heavy atom. The number of nitrogens with two attached hydrogens (primary N) is 1. The Kier molecular flexibility index (Phi) is 5.30. The maximum atomic E-state index is 14.2. The summed E-state index contributed by atoms with van der Waals surface area (Å²) in [5, 5.41) is 0. The molecule has 1 saturated carbocycles. The van der Waals surface area contributed by atoms with E-state index in [1.807, 2.05) is 14.1 Å². The predicted molar refractivity (Wildman–Crippen MR) is 80.5 cm³/mol. The minimum absolute atomic E-state index is 0.0515. The van der Waals surface area contributed by atoms with Crippen LogP contribution in [0, 0.1) is 11.6 Å². The zero-order valence-corrected chi connectivity index (χ0v) is 12.8. The van der Waals surface area contributed by atoms with Crippen LogP contribution in [0.4, 0.5) is 8.78 Å². The molecule has 0 aromatic heterocycles. The Labute approximate surface area is 125 Å². The highest BCUT2D eigenvalue weighted by molar-refractivity contribution is 5.27. The first kappa shape index (κ1) is 16.3. The summed E-state index contributed by atoms with van der Waals surface area (Å²) in [5.41, 5.74) is 2.38. The minimum Gasteiger partial charge on any atom is -0.302 e. The molecule has 0 bridgehead atoms. The molecule has 0 radical (unpaired) electrons. The van der Waals surface area contributed by atoms with Gasteiger partial charge in [0, 0.05) is 11.1 Å². The van der Waals surface area contributed by atoms with Crippen molar-refractivity contribution in [1.29, 1.82) is 0 Å². The third kappa shape index (κ3) is 3.10. The molecule has 0 saturated heterocycles. The average molecular weight is 297 g/mol. The van der Waals surface area contributed by atoms with Gasteiger partial charge >= 0.3 is 0 Å². The molecule has 2 rings (SSSR count). The highest BCUT2D eigenvalue weighted by Gasteiger charge is 2.43. The van der Waals surface area contributed by atoms with Crippen molar-refractivity contribution in [3.8, 4) is 0 Å². The fourth-order valence-corrected chi connectivity index (χ4v) is 3.63. The van der Waals surface area contributed by atoms with Gasteiger partial charge in [0.2, 0.25) is 0 Å². The SMILES string of the molecule is CN(C)C1(C(NN)c2c(F)cccc2F)CCCCCC1. The van der Waals surface area contributed by atoms with Crippen LogP contribution in [-0.2, 0) is 0 Å².